The smallest absolute Gasteiger partial charge is 0.326 e. The van der Waals surface area contributed by atoms with Gasteiger partial charge in [0.1, 0.15) is 18.1 Å². The van der Waals surface area contributed by atoms with Crippen molar-refractivity contribution >= 4 is 35.5 Å². The number of thioether (sulfide) groups is 1. The van der Waals surface area contributed by atoms with Gasteiger partial charge in [-0.15, -0.1) is 0 Å². The second-order valence-electron chi connectivity index (χ2n) is 6.09. The lowest BCUT2D eigenvalue weighted by molar-refractivity contribution is -0.142. The number of carbonyl (C=O) groups is 4. The van der Waals surface area contributed by atoms with Crippen LogP contribution in [0.15, 0.2) is 0 Å². The number of carboxylic acid groups (broad SMARTS) is 1. The monoisotopic (exact) mass is 421 g/mol. The molecule has 0 aromatic rings. The molecule has 0 aliphatic heterocycles. The molecule has 0 saturated carbocycles. The molecule has 0 aliphatic rings. The van der Waals surface area contributed by atoms with E-state index in [2.05, 4.69) is 16.0 Å². The third-order valence-corrected chi connectivity index (χ3v) is 4.42. The standard InChI is InChI=1S/C16H31N5O6S/c1-28-7-5-11(20-13(23)8-19-14(24)10(18)9-22)15(25)21-12(16(26)27)4-2-3-6-17/h10-12,22H,2-9,17-18H2,1H3,(H,19,24)(H,20,23)(H,21,25)(H,26,27). The molecule has 0 saturated heterocycles. The van der Waals surface area contributed by atoms with Gasteiger partial charge in [0.15, 0.2) is 0 Å². The predicted octanol–water partition coefficient (Wildman–Crippen LogP) is -2.64. The molecule has 11 nitrogen and oxygen atoms in total. The topological polar surface area (TPSA) is 197 Å². The van der Waals surface area contributed by atoms with Gasteiger partial charge in [0, 0.05) is 0 Å². The quantitative estimate of drug-likeness (QED) is 0.138. The Labute approximate surface area is 168 Å². The van der Waals surface area contributed by atoms with Crippen LogP contribution < -0.4 is 27.4 Å². The number of carbonyl (C=O) groups excluding carboxylic acids is 3. The zero-order chi connectivity index (χ0) is 21.5. The zero-order valence-electron chi connectivity index (χ0n) is 16.0. The fraction of sp³-hybridized carbons (Fsp3) is 0.750. The average Bonchev–Trinajstić information content (AvgIpc) is 2.67. The molecule has 0 bridgehead atoms. The fourth-order valence-electron chi connectivity index (χ4n) is 2.15. The lowest BCUT2D eigenvalue weighted by atomic mass is 10.1. The van der Waals surface area contributed by atoms with Crippen LogP contribution in [-0.4, -0.2) is 83.7 Å². The van der Waals surface area contributed by atoms with Crippen molar-refractivity contribution in [3.63, 3.8) is 0 Å². The second-order valence-corrected chi connectivity index (χ2v) is 7.08. The first-order valence-corrected chi connectivity index (χ1v) is 10.3. The van der Waals surface area contributed by atoms with Gasteiger partial charge in [-0.3, -0.25) is 14.4 Å². The average molecular weight is 422 g/mol. The van der Waals surface area contributed by atoms with E-state index in [1.807, 2.05) is 6.26 Å². The first-order valence-electron chi connectivity index (χ1n) is 8.92. The van der Waals surface area contributed by atoms with E-state index < -0.39 is 55.0 Å². The fourth-order valence-corrected chi connectivity index (χ4v) is 2.63. The van der Waals surface area contributed by atoms with E-state index in [1.54, 1.807) is 0 Å². The summed E-state index contributed by atoms with van der Waals surface area (Å²) in [5, 5.41) is 25.2. The second kappa shape index (κ2) is 15.1. The van der Waals surface area contributed by atoms with Gasteiger partial charge >= 0.3 is 5.97 Å². The van der Waals surface area contributed by atoms with E-state index in [-0.39, 0.29) is 12.8 Å². The van der Waals surface area contributed by atoms with Crippen LogP contribution in [-0.2, 0) is 19.2 Å². The van der Waals surface area contributed by atoms with Crippen LogP contribution in [0.3, 0.4) is 0 Å². The van der Waals surface area contributed by atoms with E-state index in [4.69, 9.17) is 16.6 Å². The molecule has 12 heteroatoms. The number of carboxylic acids is 1. The zero-order valence-corrected chi connectivity index (χ0v) is 16.8. The van der Waals surface area contributed by atoms with E-state index in [9.17, 15) is 24.3 Å². The highest BCUT2D eigenvalue weighted by Crippen LogP contribution is 2.05. The molecule has 162 valence electrons. The van der Waals surface area contributed by atoms with Crippen LogP contribution in [0.5, 0.6) is 0 Å². The molecular formula is C16H31N5O6S. The normalized spacial score (nSPS) is 13.9. The Hall–Kier alpha value is -1.89. The van der Waals surface area contributed by atoms with E-state index in [1.165, 1.54) is 11.8 Å². The summed E-state index contributed by atoms with van der Waals surface area (Å²) < 4.78 is 0. The highest BCUT2D eigenvalue weighted by molar-refractivity contribution is 7.98. The van der Waals surface area contributed by atoms with Crippen molar-refractivity contribution in [3.05, 3.63) is 0 Å². The van der Waals surface area contributed by atoms with Gasteiger partial charge in [-0.1, -0.05) is 0 Å². The van der Waals surface area contributed by atoms with E-state index in [0.717, 1.165) is 0 Å². The molecule has 0 aliphatic carbocycles. The lowest BCUT2D eigenvalue weighted by Crippen LogP contribution is -2.54. The van der Waals surface area contributed by atoms with Crippen LogP contribution in [0.4, 0.5) is 0 Å². The number of unbranched alkanes of at least 4 members (excludes halogenated alkanes) is 1. The third-order valence-electron chi connectivity index (χ3n) is 3.78. The van der Waals surface area contributed by atoms with Crippen molar-refractivity contribution in [2.45, 2.75) is 43.8 Å². The summed E-state index contributed by atoms with van der Waals surface area (Å²) in [6.07, 6.45) is 3.55. The number of aliphatic hydroxyl groups excluding tert-OH is 1. The number of nitrogens with one attached hydrogen (secondary N) is 3. The molecule has 0 spiro atoms. The molecule has 0 fully saturated rings. The Balaban J connectivity index is 4.79. The minimum Gasteiger partial charge on any atom is -0.480 e. The Morgan fingerprint density at radius 2 is 1.71 bits per heavy atom. The highest BCUT2D eigenvalue weighted by Gasteiger charge is 2.26. The summed E-state index contributed by atoms with van der Waals surface area (Å²) in [7, 11) is 0. The molecule has 0 heterocycles. The summed E-state index contributed by atoms with van der Waals surface area (Å²) in [4.78, 5) is 47.3. The van der Waals surface area contributed by atoms with Gasteiger partial charge in [-0.25, -0.2) is 4.79 Å². The molecule has 3 amide bonds. The molecule has 0 rings (SSSR count). The summed E-state index contributed by atoms with van der Waals surface area (Å²) >= 11 is 1.47. The molecule has 0 aromatic heterocycles. The van der Waals surface area contributed by atoms with E-state index >= 15 is 0 Å². The molecule has 0 aromatic carbocycles. The van der Waals surface area contributed by atoms with Gasteiger partial charge in [0.2, 0.25) is 17.7 Å². The number of rotatable bonds is 15. The molecule has 0 radical (unpaired) electrons. The van der Waals surface area contributed by atoms with Gasteiger partial charge < -0.3 is 37.6 Å². The number of hydrogen-bond acceptors (Lipinski definition) is 8. The van der Waals surface area contributed by atoms with Crippen molar-refractivity contribution in [1.29, 1.82) is 0 Å². The number of nitrogens with two attached hydrogens (primary N) is 2. The van der Waals surface area contributed by atoms with Crippen LogP contribution in [0.2, 0.25) is 0 Å². The van der Waals surface area contributed by atoms with Crippen molar-refractivity contribution in [1.82, 2.24) is 16.0 Å². The van der Waals surface area contributed by atoms with Crippen LogP contribution in [0, 0.1) is 0 Å². The summed E-state index contributed by atoms with van der Waals surface area (Å²) in [6, 6.07) is -3.16. The number of amides is 3. The SMILES string of the molecule is CSCCC(NC(=O)CNC(=O)C(N)CO)C(=O)NC(CCCCN)C(=O)O. The van der Waals surface area contributed by atoms with E-state index in [0.29, 0.717) is 25.1 Å². The highest BCUT2D eigenvalue weighted by atomic mass is 32.2. The lowest BCUT2D eigenvalue weighted by Gasteiger charge is -2.21. The molecule has 3 unspecified atom stereocenters. The summed E-state index contributed by atoms with van der Waals surface area (Å²) in [5.74, 6) is -2.54. The summed E-state index contributed by atoms with van der Waals surface area (Å²) in [6.45, 7) is -0.556. The van der Waals surface area contributed by atoms with Gasteiger partial charge in [0.25, 0.3) is 0 Å². The Bertz CT molecular complexity index is 522. The minimum atomic E-state index is -1.16. The maximum atomic E-state index is 12.5. The van der Waals surface area contributed by atoms with Crippen molar-refractivity contribution in [2.75, 3.05) is 31.7 Å². The maximum Gasteiger partial charge on any atom is 0.326 e. The van der Waals surface area contributed by atoms with Gasteiger partial charge in [-0.05, 0) is 44.2 Å². The maximum absolute atomic E-state index is 12.5. The van der Waals surface area contributed by atoms with Crippen LogP contribution >= 0.6 is 11.8 Å². The number of aliphatic hydroxyl groups is 1. The Kier molecular flexibility index (Phi) is 14.1. The van der Waals surface area contributed by atoms with Crippen LogP contribution in [0.25, 0.3) is 0 Å². The number of hydrogen-bond donors (Lipinski definition) is 7. The number of aliphatic carboxylic acids is 1. The van der Waals surface area contributed by atoms with Crippen molar-refractivity contribution < 1.29 is 29.4 Å². The molecule has 28 heavy (non-hydrogen) atoms. The molecule has 9 N–H and O–H groups in total. The van der Waals surface area contributed by atoms with Crippen molar-refractivity contribution in [3.8, 4) is 0 Å². The van der Waals surface area contributed by atoms with Crippen molar-refractivity contribution in [2.24, 2.45) is 11.5 Å². The largest absolute Gasteiger partial charge is 0.480 e. The predicted molar refractivity (Wildman–Crippen MR) is 105 cm³/mol. The Morgan fingerprint density at radius 3 is 2.25 bits per heavy atom. The first kappa shape index (κ1) is 26.1. The van der Waals surface area contributed by atoms with Gasteiger partial charge in [0.05, 0.1) is 13.2 Å². The minimum absolute atomic E-state index is 0.233. The van der Waals surface area contributed by atoms with Crippen LogP contribution in [0.1, 0.15) is 25.7 Å². The Morgan fingerprint density at radius 1 is 1.04 bits per heavy atom. The first-order chi connectivity index (χ1) is 13.3. The summed E-state index contributed by atoms with van der Waals surface area (Å²) in [5.41, 5.74) is 10.7. The third kappa shape index (κ3) is 11.1. The van der Waals surface area contributed by atoms with Gasteiger partial charge in [-0.2, -0.15) is 11.8 Å². The molecular weight excluding hydrogens is 390 g/mol. The molecule has 3 atom stereocenters.